The number of hydrogen-bond donors (Lipinski definition) is 1. The Hall–Kier alpha value is -3.10. The summed E-state index contributed by atoms with van der Waals surface area (Å²) in [5.41, 5.74) is 0.709. The first-order valence-corrected chi connectivity index (χ1v) is 6.68. The van der Waals surface area contributed by atoms with E-state index in [0.717, 1.165) is 12.3 Å². The summed E-state index contributed by atoms with van der Waals surface area (Å²) >= 11 is 0. The van der Waals surface area contributed by atoms with E-state index < -0.39 is 18.5 Å². The lowest BCUT2D eigenvalue weighted by molar-refractivity contribution is -0.0528. The summed E-state index contributed by atoms with van der Waals surface area (Å²) in [6.07, 6.45) is 2.50. The number of nitrogens with one attached hydrogen (secondary N) is 1. The number of esters is 1. The van der Waals surface area contributed by atoms with E-state index in [1.807, 2.05) is 0 Å². The van der Waals surface area contributed by atoms with E-state index in [0.29, 0.717) is 5.56 Å². The van der Waals surface area contributed by atoms with Gasteiger partial charge in [-0.3, -0.25) is 4.79 Å². The molecule has 1 N–H and O–H groups in total. The Bertz CT molecular complexity index is 768. The van der Waals surface area contributed by atoms with Crippen LogP contribution >= 0.6 is 0 Å². The Morgan fingerprint density at radius 2 is 1.92 bits per heavy atom. The van der Waals surface area contributed by atoms with Gasteiger partial charge in [-0.25, -0.2) is 14.8 Å². The van der Waals surface area contributed by atoms with Crippen LogP contribution in [0.3, 0.4) is 0 Å². The van der Waals surface area contributed by atoms with Gasteiger partial charge in [-0.15, -0.1) is 0 Å². The lowest BCUT2D eigenvalue weighted by Gasteiger charge is -2.10. The molecule has 0 fully saturated rings. The summed E-state index contributed by atoms with van der Waals surface area (Å²) in [5, 5.41) is 2.50. The number of hydrogen-bond acceptors (Lipinski definition) is 6. The fourth-order valence-corrected chi connectivity index (χ4v) is 1.88. The van der Waals surface area contributed by atoms with Crippen LogP contribution in [-0.2, 0) is 4.74 Å². The van der Waals surface area contributed by atoms with Gasteiger partial charge in [0.05, 0.1) is 12.7 Å². The Kier molecular flexibility index (Phi) is 5.35. The standard InChI is InChI=1S/C15H13F2N3O4/c1-8-10(14(22)23-2)4-6-19-12(8)20-13(21)9-3-5-18-11(7-9)24-15(16)17/h3-7,15H,1-2H3,(H,19,20,21). The van der Waals surface area contributed by atoms with E-state index in [4.69, 9.17) is 0 Å². The summed E-state index contributed by atoms with van der Waals surface area (Å²) in [7, 11) is 1.24. The van der Waals surface area contributed by atoms with Gasteiger partial charge in [-0.2, -0.15) is 8.78 Å². The van der Waals surface area contributed by atoms with Gasteiger partial charge in [0.2, 0.25) is 5.88 Å². The number of rotatable bonds is 5. The Labute approximate surface area is 135 Å². The molecule has 0 aliphatic carbocycles. The molecule has 0 saturated carbocycles. The molecule has 7 nitrogen and oxygen atoms in total. The van der Waals surface area contributed by atoms with Crippen LogP contribution in [-0.4, -0.2) is 35.6 Å². The second kappa shape index (κ2) is 7.44. The first-order chi connectivity index (χ1) is 11.4. The lowest BCUT2D eigenvalue weighted by Crippen LogP contribution is -2.16. The van der Waals surface area contributed by atoms with Gasteiger partial charge in [0.1, 0.15) is 5.82 Å². The maximum absolute atomic E-state index is 12.2. The number of methoxy groups -OCH3 is 1. The first-order valence-electron chi connectivity index (χ1n) is 6.68. The molecule has 2 aromatic heterocycles. The predicted octanol–water partition coefficient (Wildman–Crippen LogP) is 2.43. The van der Waals surface area contributed by atoms with Gasteiger partial charge in [0.15, 0.2) is 0 Å². The van der Waals surface area contributed by atoms with Gasteiger partial charge in [0.25, 0.3) is 5.91 Å². The third kappa shape index (κ3) is 4.00. The van der Waals surface area contributed by atoms with Crippen LogP contribution in [0.4, 0.5) is 14.6 Å². The summed E-state index contributed by atoms with van der Waals surface area (Å²) in [6.45, 7) is -1.45. The molecular weight excluding hydrogens is 324 g/mol. The lowest BCUT2D eigenvalue weighted by atomic mass is 10.1. The smallest absolute Gasteiger partial charge is 0.388 e. The maximum atomic E-state index is 12.2. The Balaban J connectivity index is 2.23. The molecule has 0 unspecified atom stereocenters. The third-order valence-electron chi connectivity index (χ3n) is 3.05. The van der Waals surface area contributed by atoms with Crippen LogP contribution in [0, 0.1) is 6.92 Å². The SMILES string of the molecule is COC(=O)c1ccnc(NC(=O)c2ccnc(OC(F)F)c2)c1C. The molecule has 2 rings (SSSR count). The van der Waals surface area contributed by atoms with E-state index in [9.17, 15) is 18.4 Å². The van der Waals surface area contributed by atoms with Crippen LogP contribution in [0.5, 0.6) is 5.88 Å². The van der Waals surface area contributed by atoms with Crippen LogP contribution < -0.4 is 10.1 Å². The highest BCUT2D eigenvalue weighted by molar-refractivity contribution is 6.05. The zero-order valence-electron chi connectivity index (χ0n) is 12.7. The van der Waals surface area contributed by atoms with Crippen molar-refractivity contribution in [1.82, 2.24) is 9.97 Å². The van der Waals surface area contributed by atoms with E-state index in [2.05, 4.69) is 24.8 Å². The van der Waals surface area contributed by atoms with Crippen molar-refractivity contribution in [2.45, 2.75) is 13.5 Å². The fourth-order valence-electron chi connectivity index (χ4n) is 1.88. The molecule has 9 heteroatoms. The minimum Gasteiger partial charge on any atom is -0.465 e. The molecule has 0 aromatic carbocycles. The number of alkyl halides is 2. The van der Waals surface area contributed by atoms with Crippen molar-refractivity contribution in [2.24, 2.45) is 0 Å². The predicted molar refractivity (Wildman–Crippen MR) is 79.1 cm³/mol. The normalized spacial score (nSPS) is 10.4. The zero-order chi connectivity index (χ0) is 17.7. The van der Waals surface area contributed by atoms with Crippen molar-refractivity contribution in [3.63, 3.8) is 0 Å². The second-order valence-electron chi connectivity index (χ2n) is 4.54. The van der Waals surface area contributed by atoms with E-state index in [1.54, 1.807) is 6.92 Å². The number of carbonyl (C=O) groups excluding carboxylic acids is 2. The molecular formula is C15H13F2N3O4. The average Bonchev–Trinajstić information content (AvgIpc) is 2.55. The Morgan fingerprint density at radius 1 is 1.21 bits per heavy atom. The minimum absolute atomic E-state index is 0.0466. The maximum Gasteiger partial charge on any atom is 0.388 e. The molecule has 0 aliphatic rings. The number of halogens is 2. The molecule has 0 spiro atoms. The second-order valence-corrected chi connectivity index (χ2v) is 4.54. The van der Waals surface area contributed by atoms with E-state index in [-0.39, 0.29) is 22.8 Å². The monoisotopic (exact) mass is 337 g/mol. The number of nitrogens with zero attached hydrogens (tertiary/aromatic N) is 2. The van der Waals surface area contributed by atoms with E-state index in [1.165, 1.54) is 25.4 Å². The molecule has 0 atom stereocenters. The minimum atomic E-state index is -3.04. The van der Waals surface area contributed by atoms with E-state index >= 15 is 0 Å². The molecule has 0 radical (unpaired) electrons. The third-order valence-corrected chi connectivity index (χ3v) is 3.05. The summed E-state index contributed by atoms with van der Waals surface area (Å²) in [5.74, 6) is -1.42. The van der Waals surface area contributed by atoms with Crippen LogP contribution in [0.2, 0.25) is 0 Å². The van der Waals surface area contributed by atoms with Crippen molar-refractivity contribution in [2.75, 3.05) is 12.4 Å². The van der Waals surface area contributed by atoms with Gasteiger partial charge < -0.3 is 14.8 Å². The van der Waals surface area contributed by atoms with Crippen LogP contribution in [0.25, 0.3) is 0 Å². The molecule has 0 bridgehead atoms. The summed E-state index contributed by atoms with van der Waals surface area (Å²) < 4.78 is 33.2. The molecule has 24 heavy (non-hydrogen) atoms. The zero-order valence-corrected chi connectivity index (χ0v) is 12.7. The highest BCUT2D eigenvalue weighted by atomic mass is 19.3. The number of aromatic nitrogens is 2. The number of amides is 1. The molecule has 126 valence electrons. The van der Waals surface area contributed by atoms with Crippen molar-refractivity contribution < 1.29 is 27.8 Å². The quantitative estimate of drug-likeness (QED) is 0.843. The number of pyridine rings is 2. The summed E-state index contributed by atoms with van der Waals surface area (Å²) in [6, 6.07) is 3.85. The van der Waals surface area contributed by atoms with Gasteiger partial charge >= 0.3 is 12.6 Å². The van der Waals surface area contributed by atoms with Gasteiger partial charge in [-0.05, 0) is 19.1 Å². The van der Waals surface area contributed by atoms with Crippen molar-refractivity contribution in [3.05, 3.63) is 47.3 Å². The molecule has 1 amide bonds. The molecule has 0 saturated heterocycles. The largest absolute Gasteiger partial charge is 0.465 e. The van der Waals surface area contributed by atoms with Crippen LogP contribution in [0.15, 0.2) is 30.6 Å². The first kappa shape index (κ1) is 17.3. The van der Waals surface area contributed by atoms with Crippen molar-refractivity contribution in [3.8, 4) is 5.88 Å². The highest BCUT2D eigenvalue weighted by Crippen LogP contribution is 2.19. The number of anilines is 1. The van der Waals surface area contributed by atoms with Gasteiger partial charge in [-0.1, -0.05) is 0 Å². The Morgan fingerprint density at radius 3 is 2.58 bits per heavy atom. The number of carbonyl (C=O) groups is 2. The molecule has 2 aromatic rings. The summed E-state index contributed by atoms with van der Waals surface area (Å²) in [4.78, 5) is 31.4. The molecule has 2 heterocycles. The van der Waals surface area contributed by atoms with Crippen molar-refractivity contribution in [1.29, 1.82) is 0 Å². The average molecular weight is 337 g/mol. The van der Waals surface area contributed by atoms with Gasteiger partial charge in [0, 0.05) is 29.6 Å². The number of ether oxygens (including phenoxy) is 2. The highest BCUT2D eigenvalue weighted by Gasteiger charge is 2.16. The molecule has 0 aliphatic heterocycles. The van der Waals surface area contributed by atoms with Crippen molar-refractivity contribution >= 4 is 17.7 Å². The fraction of sp³-hybridized carbons (Fsp3) is 0.200. The van der Waals surface area contributed by atoms with Crippen LogP contribution in [0.1, 0.15) is 26.3 Å². The topological polar surface area (TPSA) is 90.4 Å².